The third kappa shape index (κ3) is 5.10. The maximum atomic E-state index is 13.3. The zero-order valence-corrected chi connectivity index (χ0v) is 15.1. The molecule has 0 aliphatic rings. The Morgan fingerprint density at radius 2 is 1.74 bits per heavy atom. The number of hydrogen-bond acceptors (Lipinski definition) is 5. The second-order valence-corrected chi connectivity index (χ2v) is 6.24. The highest BCUT2D eigenvalue weighted by Crippen LogP contribution is 2.22. The van der Waals surface area contributed by atoms with Gasteiger partial charge in [0, 0.05) is 11.8 Å². The van der Waals surface area contributed by atoms with Gasteiger partial charge in [-0.3, -0.25) is 14.9 Å². The van der Waals surface area contributed by atoms with Crippen LogP contribution in [0, 0.1) is 15.9 Å². The number of carbonyl (C=O) groups excluding carboxylic acids is 2. The predicted molar refractivity (Wildman–Crippen MR) is 97.1 cm³/mol. The summed E-state index contributed by atoms with van der Waals surface area (Å²) < 4.78 is 18.4. The molecule has 0 radical (unpaired) electrons. The molecule has 2 rings (SSSR count). The van der Waals surface area contributed by atoms with Crippen LogP contribution in [0.5, 0.6) is 0 Å². The maximum Gasteiger partial charge on any atom is 0.338 e. The highest BCUT2D eigenvalue weighted by molar-refractivity contribution is 5.97. The molecule has 142 valence electrons. The number of esters is 1. The molecule has 0 unspecified atom stereocenters. The monoisotopic (exact) mass is 374 g/mol. The van der Waals surface area contributed by atoms with Crippen LogP contribution in [0.4, 0.5) is 15.8 Å². The third-order valence-electron chi connectivity index (χ3n) is 3.88. The van der Waals surface area contributed by atoms with Gasteiger partial charge in [0.05, 0.1) is 10.5 Å². The molecular weight excluding hydrogens is 355 g/mol. The molecule has 0 aliphatic heterocycles. The molecule has 0 fully saturated rings. The molecule has 8 heteroatoms. The van der Waals surface area contributed by atoms with Crippen molar-refractivity contribution in [3.05, 3.63) is 69.5 Å². The van der Waals surface area contributed by atoms with Crippen molar-refractivity contribution in [1.29, 1.82) is 0 Å². The van der Waals surface area contributed by atoms with E-state index >= 15 is 0 Å². The molecule has 0 saturated heterocycles. The molecule has 0 saturated carbocycles. The second-order valence-electron chi connectivity index (χ2n) is 6.24. The molecule has 0 aliphatic carbocycles. The van der Waals surface area contributed by atoms with Crippen LogP contribution >= 0.6 is 0 Å². The van der Waals surface area contributed by atoms with Crippen molar-refractivity contribution in [3.8, 4) is 0 Å². The summed E-state index contributed by atoms with van der Waals surface area (Å²) in [6.45, 7) is 5.42. The zero-order valence-electron chi connectivity index (χ0n) is 15.1. The Labute approximate surface area is 155 Å². The van der Waals surface area contributed by atoms with E-state index in [1.54, 1.807) is 12.1 Å². The van der Waals surface area contributed by atoms with Crippen LogP contribution < -0.4 is 5.32 Å². The number of nitrogens with zero attached hydrogens (tertiary/aromatic N) is 1. The number of amides is 1. The van der Waals surface area contributed by atoms with Gasteiger partial charge in [-0.1, -0.05) is 26.0 Å². The summed E-state index contributed by atoms with van der Waals surface area (Å²) in [6.07, 6.45) is -1.15. The first-order chi connectivity index (χ1) is 12.7. The standard InChI is InChI=1S/C19H19FN2O5/c1-11(2)13-4-6-14(7-5-13)19(24)27-12(3)18(23)21-15-8-9-16(20)17(10-15)22(25)26/h4-12H,1-3H3,(H,21,23)/t12-/m1/s1. The van der Waals surface area contributed by atoms with Gasteiger partial charge in [0.2, 0.25) is 5.82 Å². The summed E-state index contributed by atoms with van der Waals surface area (Å²) in [5.41, 5.74) is 0.631. The lowest BCUT2D eigenvalue weighted by Gasteiger charge is -2.14. The fourth-order valence-electron chi connectivity index (χ4n) is 2.26. The average molecular weight is 374 g/mol. The molecule has 1 amide bonds. The van der Waals surface area contributed by atoms with Gasteiger partial charge < -0.3 is 10.1 Å². The van der Waals surface area contributed by atoms with Crippen LogP contribution in [-0.2, 0) is 9.53 Å². The molecule has 1 atom stereocenters. The van der Waals surface area contributed by atoms with Crippen LogP contribution in [-0.4, -0.2) is 22.9 Å². The second kappa shape index (κ2) is 8.39. The number of benzene rings is 2. The maximum absolute atomic E-state index is 13.3. The van der Waals surface area contributed by atoms with Gasteiger partial charge in [-0.05, 0) is 42.7 Å². The molecule has 27 heavy (non-hydrogen) atoms. The highest BCUT2D eigenvalue weighted by atomic mass is 19.1. The number of carbonyl (C=O) groups is 2. The van der Waals surface area contributed by atoms with Gasteiger partial charge >= 0.3 is 11.7 Å². The molecule has 0 bridgehead atoms. The number of nitro benzene ring substituents is 1. The van der Waals surface area contributed by atoms with Gasteiger partial charge in [0.1, 0.15) is 0 Å². The van der Waals surface area contributed by atoms with E-state index in [2.05, 4.69) is 5.32 Å². The number of nitro groups is 1. The largest absolute Gasteiger partial charge is 0.449 e. The van der Waals surface area contributed by atoms with Crippen LogP contribution in [0.3, 0.4) is 0 Å². The van der Waals surface area contributed by atoms with E-state index in [9.17, 15) is 24.1 Å². The minimum atomic E-state index is -1.15. The Morgan fingerprint density at radius 1 is 1.11 bits per heavy atom. The molecule has 0 heterocycles. The Bertz CT molecular complexity index is 865. The van der Waals surface area contributed by atoms with Crippen molar-refractivity contribution < 1.29 is 23.6 Å². The van der Waals surface area contributed by atoms with Crippen LogP contribution in [0.15, 0.2) is 42.5 Å². The number of nitrogens with one attached hydrogen (secondary N) is 1. The molecular formula is C19H19FN2O5. The summed E-state index contributed by atoms with van der Waals surface area (Å²) in [6, 6.07) is 9.80. The summed E-state index contributed by atoms with van der Waals surface area (Å²) in [7, 11) is 0. The smallest absolute Gasteiger partial charge is 0.338 e. The van der Waals surface area contributed by atoms with Crippen molar-refractivity contribution >= 4 is 23.3 Å². The van der Waals surface area contributed by atoms with Crippen molar-refractivity contribution in [1.82, 2.24) is 0 Å². The van der Waals surface area contributed by atoms with Gasteiger partial charge in [0.15, 0.2) is 6.10 Å². The van der Waals surface area contributed by atoms with E-state index in [4.69, 9.17) is 4.74 Å². The molecule has 2 aromatic carbocycles. The number of ether oxygens (including phenoxy) is 1. The normalized spacial score (nSPS) is 11.7. The van der Waals surface area contributed by atoms with Crippen LogP contribution in [0.25, 0.3) is 0 Å². The minimum Gasteiger partial charge on any atom is -0.449 e. The highest BCUT2D eigenvalue weighted by Gasteiger charge is 2.21. The Morgan fingerprint density at radius 3 is 2.30 bits per heavy atom. The third-order valence-corrected chi connectivity index (χ3v) is 3.88. The minimum absolute atomic E-state index is 0.0253. The Balaban J connectivity index is 2.02. The van der Waals surface area contributed by atoms with Gasteiger partial charge in [-0.2, -0.15) is 4.39 Å². The topological polar surface area (TPSA) is 98.5 Å². The van der Waals surface area contributed by atoms with E-state index in [1.807, 2.05) is 26.0 Å². The lowest BCUT2D eigenvalue weighted by atomic mass is 10.0. The molecule has 0 spiro atoms. The first-order valence-electron chi connectivity index (χ1n) is 8.24. The average Bonchev–Trinajstić information content (AvgIpc) is 2.62. The Hall–Kier alpha value is -3.29. The first kappa shape index (κ1) is 20.0. The molecule has 2 aromatic rings. The number of anilines is 1. The first-order valence-corrected chi connectivity index (χ1v) is 8.24. The van der Waals surface area contributed by atoms with Crippen LogP contribution in [0.1, 0.15) is 42.6 Å². The summed E-state index contributed by atoms with van der Waals surface area (Å²) in [5.74, 6) is -2.05. The van der Waals surface area contributed by atoms with Crippen LogP contribution in [0.2, 0.25) is 0 Å². The quantitative estimate of drug-likeness (QED) is 0.467. The van der Waals surface area contributed by atoms with E-state index < -0.39 is 34.4 Å². The van der Waals surface area contributed by atoms with E-state index in [1.165, 1.54) is 13.0 Å². The fourth-order valence-corrected chi connectivity index (χ4v) is 2.26. The lowest BCUT2D eigenvalue weighted by Crippen LogP contribution is -2.30. The molecule has 7 nitrogen and oxygen atoms in total. The van der Waals surface area contributed by atoms with E-state index in [0.717, 1.165) is 17.7 Å². The van der Waals surface area contributed by atoms with Crippen molar-refractivity contribution in [2.75, 3.05) is 5.32 Å². The van der Waals surface area contributed by atoms with Gasteiger partial charge in [-0.25, -0.2) is 4.79 Å². The van der Waals surface area contributed by atoms with E-state index in [0.29, 0.717) is 11.5 Å². The molecule has 1 N–H and O–H groups in total. The number of hydrogen-bond donors (Lipinski definition) is 1. The van der Waals surface area contributed by atoms with Gasteiger partial charge in [0.25, 0.3) is 5.91 Å². The van der Waals surface area contributed by atoms with Crippen molar-refractivity contribution in [2.24, 2.45) is 0 Å². The van der Waals surface area contributed by atoms with Crippen molar-refractivity contribution in [2.45, 2.75) is 32.8 Å². The lowest BCUT2D eigenvalue weighted by molar-refractivity contribution is -0.387. The number of rotatable bonds is 6. The van der Waals surface area contributed by atoms with Crippen molar-refractivity contribution in [3.63, 3.8) is 0 Å². The summed E-state index contributed by atoms with van der Waals surface area (Å²) >= 11 is 0. The number of halogens is 1. The SMILES string of the molecule is CC(C)c1ccc(C(=O)O[C@H](C)C(=O)Nc2ccc(F)c([N+](=O)[O-])c2)cc1. The zero-order chi connectivity index (χ0) is 20.1. The summed E-state index contributed by atoms with van der Waals surface area (Å²) in [5, 5.41) is 13.1. The predicted octanol–water partition coefficient (Wildman–Crippen LogP) is 4.04. The summed E-state index contributed by atoms with van der Waals surface area (Å²) in [4.78, 5) is 34.1. The van der Waals surface area contributed by atoms with E-state index in [-0.39, 0.29) is 5.69 Å². The Kier molecular flexibility index (Phi) is 6.23. The fraction of sp³-hybridized carbons (Fsp3) is 0.263. The molecule has 0 aromatic heterocycles. The van der Waals surface area contributed by atoms with Gasteiger partial charge in [-0.15, -0.1) is 0 Å².